The van der Waals surface area contributed by atoms with Crippen molar-refractivity contribution >= 4 is 15.7 Å². The minimum Gasteiger partial charge on any atom is -0.398 e. The van der Waals surface area contributed by atoms with E-state index in [0.29, 0.717) is 0 Å². The van der Waals surface area contributed by atoms with E-state index in [1.54, 1.807) is 0 Å². The summed E-state index contributed by atoms with van der Waals surface area (Å²) >= 11 is 0. The molecule has 0 heterocycles. The van der Waals surface area contributed by atoms with Crippen LogP contribution in [0.4, 0.5) is 10.1 Å². The van der Waals surface area contributed by atoms with Gasteiger partial charge in [0.05, 0.1) is 12.3 Å². The number of rotatable bonds is 4. The van der Waals surface area contributed by atoms with Gasteiger partial charge in [0.15, 0.2) is 0 Å². The van der Waals surface area contributed by atoms with Gasteiger partial charge in [-0.2, -0.15) is 0 Å². The normalized spacial score (nSPS) is 13.7. The molecule has 16 heavy (non-hydrogen) atoms. The molecule has 0 amide bonds. The summed E-state index contributed by atoms with van der Waals surface area (Å²) in [5, 5.41) is 8.74. The van der Waals surface area contributed by atoms with Gasteiger partial charge >= 0.3 is 0 Å². The quantitative estimate of drug-likeness (QED) is 0.657. The van der Waals surface area contributed by atoms with Crippen LogP contribution in [0.25, 0.3) is 0 Å². The molecule has 0 bridgehead atoms. The van der Waals surface area contributed by atoms with Crippen LogP contribution in [0.1, 0.15) is 6.92 Å². The van der Waals surface area contributed by atoms with Crippen molar-refractivity contribution in [3.05, 3.63) is 24.0 Å². The Bertz CT molecular complexity index is 476. The first kappa shape index (κ1) is 12.9. The maximum absolute atomic E-state index is 12.9. The molecule has 4 N–H and O–H groups in total. The molecule has 0 spiro atoms. The van der Waals surface area contributed by atoms with Gasteiger partial charge in [-0.1, -0.05) is 0 Å². The summed E-state index contributed by atoms with van der Waals surface area (Å²) in [6.07, 6.45) is 0. The highest BCUT2D eigenvalue weighted by atomic mass is 32.2. The first-order valence-corrected chi connectivity index (χ1v) is 6.03. The van der Waals surface area contributed by atoms with Crippen molar-refractivity contribution in [1.82, 2.24) is 4.72 Å². The molecule has 0 saturated carbocycles. The third kappa shape index (κ3) is 2.91. The number of hydrogen-bond acceptors (Lipinski definition) is 4. The molecule has 1 aromatic carbocycles. The Hall–Kier alpha value is -1.18. The van der Waals surface area contributed by atoms with Crippen LogP contribution in [0.15, 0.2) is 23.1 Å². The Balaban J connectivity index is 3.12. The molecule has 1 atom stereocenters. The average molecular weight is 248 g/mol. The molecular formula is C9H13FN2O3S. The van der Waals surface area contributed by atoms with Crippen molar-refractivity contribution in [2.45, 2.75) is 17.9 Å². The summed E-state index contributed by atoms with van der Waals surface area (Å²) in [6, 6.07) is 2.42. The zero-order valence-electron chi connectivity index (χ0n) is 8.64. The molecule has 5 nitrogen and oxygen atoms in total. The van der Waals surface area contributed by atoms with Gasteiger partial charge in [0.25, 0.3) is 0 Å². The second-order valence-corrected chi connectivity index (χ2v) is 5.07. The van der Waals surface area contributed by atoms with Crippen LogP contribution in [0.2, 0.25) is 0 Å². The highest BCUT2D eigenvalue weighted by Gasteiger charge is 2.20. The molecule has 0 unspecified atom stereocenters. The van der Waals surface area contributed by atoms with E-state index >= 15 is 0 Å². The van der Waals surface area contributed by atoms with E-state index in [2.05, 4.69) is 4.72 Å². The van der Waals surface area contributed by atoms with Crippen LogP contribution in [0, 0.1) is 5.82 Å². The van der Waals surface area contributed by atoms with Gasteiger partial charge in [-0.25, -0.2) is 17.5 Å². The predicted molar refractivity (Wildman–Crippen MR) is 57.7 cm³/mol. The van der Waals surface area contributed by atoms with Crippen LogP contribution in [0.3, 0.4) is 0 Å². The molecule has 0 radical (unpaired) electrons. The molecule has 0 saturated heterocycles. The van der Waals surface area contributed by atoms with E-state index in [1.165, 1.54) is 13.0 Å². The number of hydrogen-bond donors (Lipinski definition) is 3. The van der Waals surface area contributed by atoms with Crippen LogP contribution in [-0.2, 0) is 10.0 Å². The van der Waals surface area contributed by atoms with E-state index in [4.69, 9.17) is 10.8 Å². The molecule has 0 aliphatic carbocycles. The summed E-state index contributed by atoms with van der Waals surface area (Å²) in [5.41, 5.74) is 5.40. The van der Waals surface area contributed by atoms with Crippen molar-refractivity contribution in [1.29, 1.82) is 0 Å². The number of anilines is 1. The SMILES string of the molecule is C[C@@H](CO)NS(=O)(=O)c1cc(F)ccc1N. The smallest absolute Gasteiger partial charge is 0.243 e. The molecule has 0 fully saturated rings. The zero-order chi connectivity index (χ0) is 12.3. The zero-order valence-corrected chi connectivity index (χ0v) is 9.46. The van der Waals surface area contributed by atoms with Gasteiger partial charge in [0, 0.05) is 6.04 Å². The minimum atomic E-state index is -3.90. The number of nitrogens with one attached hydrogen (secondary N) is 1. The van der Waals surface area contributed by atoms with E-state index in [-0.39, 0.29) is 17.2 Å². The molecule has 7 heteroatoms. The maximum atomic E-state index is 12.9. The van der Waals surface area contributed by atoms with Crippen molar-refractivity contribution in [2.75, 3.05) is 12.3 Å². The summed E-state index contributed by atoms with van der Waals surface area (Å²) in [5.74, 6) is -0.689. The van der Waals surface area contributed by atoms with E-state index < -0.39 is 21.9 Å². The standard InChI is InChI=1S/C9H13FN2O3S/c1-6(5-13)12-16(14,15)9-4-7(10)2-3-8(9)11/h2-4,6,12-13H,5,11H2,1H3/t6-/m0/s1. The number of aliphatic hydroxyl groups excluding tert-OH is 1. The fourth-order valence-electron chi connectivity index (χ4n) is 1.11. The lowest BCUT2D eigenvalue weighted by atomic mass is 10.3. The largest absolute Gasteiger partial charge is 0.398 e. The molecular weight excluding hydrogens is 235 g/mol. The Morgan fingerprint density at radius 3 is 2.75 bits per heavy atom. The number of benzene rings is 1. The Morgan fingerprint density at radius 2 is 2.19 bits per heavy atom. The lowest BCUT2D eigenvalue weighted by Crippen LogP contribution is -2.35. The monoisotopic (exact) mass is 248 g/mol. The molecule has 0 aromatic heterocycles. The van der Waals surface area contributed by atoms with Crippen molar-refractivity contribution < 1.29 is 17.9 Å². The summed E-state index contributed by atoms with van der Waals surface area (Å²) < 4.78 is 38.5. The fourth-order valence-corrected chi connectivity index (χ4v) is 2.48. The van der Waals surface area contributed by atoms with Gasteiger partial charge in [-0.15, -0.1) is 0 Å². The highest BCUT2D eigenvalue weighted by Crippen LogP contribution is 2.19. The lowest BCUT2D eigenvalue weighted by Gasteiger charge is -2.12. The average Bonchev–Trinajstić information content (AvgIpc) is 2.20. The van der Waals surface area contributed by atoms with Crippen LogP contribution < -0.4 is 10.5 Å². The van der Waals surface area contributed by atoms with E-state index in [1.807, 2.05) is 0 Å². The van der Waals surface area contributed by atoms with Crippen LogP contribution >= 0.6 is 0 Å². The predicted octanol–water partition coefficient (Wildman–Crippen LogP) is 0.0670. The first-order valence-electron chi connectivity index (χ1n) is 4.55. The molecule has 1 rings (SSSR count). The number of nitrogen functional groups attached to an aromatic ring is 1. The Kier molecular flexibility index (Phi) is 3.84. The van der Waals surface area contributed by atoms with E-state index in [0.717, 1.165) is 12.1 Å². The van der Waals surface area contributed by atoms with Crippen molar-refractivity contribution in [2.24, 2.45) is 0 Å². The fraction of sp³-hybridized carbons (Fsp3) is 0.333. The number of nitrogens with two attached hydrogens (primary N) is 1. The van der Waals surface area contributed by atoms with E-state index in [9.17, 15) is 12.8 Å². The lowest BCUT2D eigenvalue weighted by molar-refractivity contribution is 0.265. The first-order chi connectivity index (χ1) is 7.36. The number of aliphatic hydroxyl groups is 1. The number of halogens is 1. The topological polar surface area (TPSA) is 92.4 Å². The summed E-state index contributed by atoms with van der Waals surface area (Å²) in [7, 11) is -3.90. The Morgan fingerprint density at radius 1 is 1.56 bits per heavy atom. The Labute approximate surface area is 93.1 Å². The van der Waals surface area contributed by atoms with Crippen LogP contribution in [-0.4, -0.2) is 26.2 Å². The molecule has 1 aromatic rings. The van der Waals surface area contributed by atoms with Gasteiger partial charge < -0.3 is 10.8 Å². The maximum Gasteiger partial charge on any atom is 0.243 e. The third-order valence-corrected chi connectivity index (χ3v) is 3.54. The second-order valence-electron chi connectivity index (χ2n) is 3.39. The summed E-state index contributed by atoms with van der Waals surface area (Å²) in [4.78, 5) is -0.326. The molecule has 90 valence electrons. The highest BCUT2D eigenvalue weighted by molar-refractivity contribution is 7.89. The van der Waals surface area contributed by atoms with Crippen LogP contribution in [0.5, 0.6) is 0 Å². The van der Waals surface area contributed by atoms with Gasteiger partial charge in [-0.05, 0) is 25.1 Å². The van der Waals surface area contributed by atoms with Crippen molar-refractivity contribution in [3.8, 4) is 0 Å². The van der Waals surface area contributed by atoms with Gasteiger partial charge in [-0.3, -0.25) is 0 Å². The number of sulfonamides is 1. The molecule has 0 aliphatic heterocycles. The second kappa shape index (κ2) is 4.77. The minimum absolute atomic E-state index is 0.0426. The van der Waals surface area contributed by atoms with Crippen molar-refractivity contribution in [3.63, 3.8) is 0 Å². The summed E-state index contributed by atoms with van der Waals surface area (Å²) in [6.45, 7) is 1.13. The third-order valence-electron chi connectivity index (χ3n) is 1.90. The van der Waals surface area contributed by atoms with Gasteiger partial charge in [0.1, 0.15) is 10.7 Å². The molecule has 0 aliphatic rings. The van der Waals surface area contributed by atoms with Gasteiger partial charge in [0.2, 0.25) is 10.0 Å².